The van der Waals surface area contributed by atoms with Gasteiger partial charge in [0.15, 0.2) is 17.7 Å². The normalized spacial score (nSPS) is 12.9. The highest BCUT2D eigenvalue weighted by molar-refractivity contribution is 5.38. The fourth-order valence-electron chi connectivity index (χ4n) is 0.962. The van der Waals surface area contributed by atoms with E-state index in [9.17, 15) is 17.6 Å². The maximum absolute atomic E-state index is 13.1. The van der Waals surface area contributed by atoms with Gasteiger partial charge in [-0.1, -0.05) is 0 Å². The van der Waals surface area contributed by atoms with Gasteiger partial charge in [-0.25, -0.2) is 9.37 Å². The van der Waals surface area contributed by atoms with Crippen molar-refractivity contribution in [1.29, 1.82) is 5.26 Å². The van der Waals surface area contributed by atoms with Gasteiger partial charge in [-0.3, -0.25) is 0 Å². The van der Waals surface area contributed by atoms with Crippen molar-refractivity contribution in [3.63, 3.8) is 0 Å². The molecular formula is C9H7F4N3O. The van der Waals surface area contributed by atoms with E-state index in [1.807, 2.05) is 0 Å². The first-order valence-electron chi connectivity index (χ1n) is 4.39. The molecule has 0 aliphatic heterocycles. The van der Waals surface area contributed by atoms with Crippen LogP contribution in [0.1, 0.15) is 5.56 Å². The molecule has 4 nitrogen and oxygen atoms in total. The number of alkyl halides is 3. The summed E-state index contributed by atoms with van der Waals surface area (Å²) in [6, 6.07) is 1.74. The van der Waals surface area contributed by atoms with E-state index < -0.39 is 29.5 Å². The molecule has 0 radical (unpaired) electrons. The highest BCUT2D eigenvalue weighted by atomic mass is 19.4. The summed E-state index contributed by atoms with van der Waals surface area (Å²) in [4.78, 5) is 3.22. The summed E-state index contributed by atoms with van der Waals surface area (Å²) >= 11 is 0. The van der Waals surface area contributed by atoms with Gasteiger partial charge in [0, 0.05) is 6.20 Å². The number of nitrogens with one attached hydrogen (secondary N) is 1. The van der Waals surface area contributed by atoms with E-state index in [4.69, 9.17) is 10.4 Å². The Kier molecular flexibility index (Phi) is 3.85. The largest absolute Gasteiger partial charge is 0.417 e. The van der Waals surface area contributed by atoms with Gasteiger partial charge in [0.2, 0.25) is 0 Å². The topological polar surface area (TPSA) is 68.9 Å². The maximum atomic E-state index is 13.1. The van der Waals surface area contributed by atoms with Crippen molar-refractivity contribution < 1.29 is 22.7 Å². The van der Waals surface area contributed by atoms with Gasteiger partial charge in [0.05, 0.1) is 18.2 Å². The summed E-state index contributed by atoms with van der Waals surface area (Å²) < 4.78 is 49.6. The molecule has 0 aliphatic rings. The third-order valence-corrected chi connectivity index (χ3v) is 1.78. The molecule has 0 amide bonds. The number of nitriles is 1. The van der Waals surface area contributed by atoms with E-state index in [-0.39, 0.29) is 12.6 Å². The Morgan fingerprint density at radius 3 is 2.65 bits per heavy atom. The molecule has 1 rings (SSSR count). The molecule has 0 saturated heterocycles. The second-order valence-electron chi connectivity index (χ2n) is 3.08. The molecule has 0 aromatic carbocycles. The minimum Gasteiger partial charge on any atom is -0.376 e. The smallest absolute Gasteiger partial charge is 0.376 e. The van der Waals surface area contributed by atoms with Crippen LogP contribution in [0, 0.1) is 17.1 Å². The highest BCUT2D eigenvalue weighted by Crippen LogP contribution is 2.30. The summed E-state index contributed by atoms with van der Waals surface area (Å²) in [5.74, 6) is -1.66. The molecule has 0 spiro atoms. The minimum atomic E-state index is -4.67. The molecule has 0 saturated carbocycles. The van der Waals surface area contributed by atoms with Crippen LogP contribution in [0.5, 0.6) is 0 Å². The first kappa shape index (κ1) is 13.2. The Labute approximate surface area is 93.5 Å². The van der Waals surface area contributed by atoms with Crippen molar-refractivity contribution in [2.24, 2.45) is 0 Å². The van der Waals surface area contributed by atoms with Gasteiger partial charge in [0.25, 0.3) is 0 Å². The van der Waals surface area contributed by atoms with Gasteiger partial charge in [-0.05, 0) is 6.07 Å². The van der Waals surface area contributed by atoms with Gasteiger partial charge >= 0.3 is 6.18 Å². The molecule has 17 heavy (non-hydrogen) atoms. The second kappa shape index (κ2) is 4.97. The molecule has 1 unspecified atom stereocenters. The van der Waals surface area contributed by atoms with E-state index in [2.05, 4.69) is 10.3 Å². The average molecular weight is 249 g/mol. The fourth-order valence-corrected chi connectivity index (χ4v) is 0.962. The lowest BCUT2D eigenvalue weighted by Crippen LogP contribution is -2.19. The third kappa shape index (κ3) is 3.57. The van der Waals surface area contributed by atoms with Crippen molar-refractivity contribution in [3.05, 3.63) is 23.6 Å². The molecule has 1 aromatic heterocycles. The molecule has 0 fully saturated rings. The highest BCUT2D eigenvalue weighted by Gasteiger charge is 2.31. The number of aliphatic hydroxyl groups excluding tert-OH is 1. The number of anilines is 1. The van der Waals surface area contributed by atoms with Crippen LogP contribution in [-0.2, 0) is 6.18 Å². The number of nitrogens with zero attached hydrogens (tertiary/aromatic N) is 2. The monoisotopic (exact) mass is 249 g/mol. The predicted molar refractivity (Wildman–Crippen MR) is 49.3 cm³/mol. The van der Waals surface area contributed by atoms with Crippen LogP contribution in [0.4, 0.5) is 23.4 Å². The lowest BCUT2D eigenvalue weighted by Gasteiger charge is -2.10. The van der Waals surface area contributed by atoms with Crippen LogP contribution >= 0.6 is 0 Å². The van der Waals surface area contributed by atoms with Crippen molar-refractivity contribution in [2.45, 2.75) is 12.3 Å². The summed E-state index contributed by atoms with van der Waals surface area (Å²) in [7, 11) is 0. The number of hydrogen-bond donors (Lipinski definition) is 2. The van der Waals surface area contributed by atoms with Crippen LogP contribution in [0.15, 0.2) is 12.3 Å². The van der Waals surface area contributed by atoms with Gasteiger partial charge in [-0.15, -0.1) is 0 Å². The SMILES string of the molecule is N#CC(O)CNc1ncc(C(F)(F)F)cc1F. The zero-order valence-electron chi connectivity index (χ0n) is 8.29. The molecular weight excluding hydrogens is 242 g/mol. The van der Waals surface area contributed by atoms with E-state index >= 15 is 0 Å². The molecule has 0 bridgehead atoms. The zero-order chi connectivity index (χ0) is 13.1. The first-order valence-corrected chi connectivity index (χ1v) is 4.39. The molecule has 1 atom stereocenters. The Bertz CT molecular complexity index is 441. The number of halogens is 4. The lowest BCUT2D eigenvalue weighted by atomic mass is 10.2. The van der Waals surface area contributed by atoms with E-state index in [0.717, 1.165) is 0 Å². The minimum absolute atomic E-state index is 0.286. The molecule has 2 N–H and O–H groups in total. The van der Waals surface area contributed by atoms with Crippen LogP contribution in [0.3, 0.4) is 0 Å². The molecule has 8 heteroatoms. The standard InChI is InChI=1S/C9H7F4N3O/c10-7-1-5(9(11,12)13)3-15-8(7)16-4-6(17)2-14/h1,3,6,17H,4H2,(H,15,16). The van der Waals surface area contributed by atoms with Crippen LogP contribution in [0.25, 0.3) is 0 Å². The first-order chi connectivity index (χ1) is 7.84. The molecule has 1 heterocycles. The number of aromatic nitrogens is 1. The average Bonchev–Trinajstić information content (AvgIpc) is 2.25. The third-order valence-electron chi connectivity index (χ3n) is 1.78. The van der Waals surface area contributed by atoms with Gasteiger partial charge in [0.1, 0.15) is 0 Å². The van der Waals surface area contributed by atoms with Crippen LogP contribution in [0.2, 0.25) is 0 Å². The maximum Gasteiger partial charge on any atom is 0.417 e. The van der Waals surface area contributed by atoms with Gasteiger partial charge < -0.3 is 10.4 Å². The van der Waals surface area contributed by atoms with Gasteiger partial charge in [-0.2, -0.15) is 18.4 Å². The van der Waals surface area contributed by atoms with Crippen LogP contribution in [-0.4, -0.2) is 22.7 Å². The summed E-state index contributed by atoms with van der Waals surface area (Å²) in [6.07, 6.45) is -5.60. The zero-order valence-corrected chi connectivity index (χ0v) is 8.29. The summed E-state index contributed by atoms with van der Waals surface area (Å²) in [6.45, 7) is -0.328. The quantitative estimate of drug-likeness (QED) is 0.629. The Morgan fingerprint density at radius 1 is 1.53 bits per heavy atom. The van der Waals surface area contributed by atoms with E-state index in [0.29, 0.717) is 6.20 Å². The Hall–Kier alpha value is -1.88. The van der Waals surface area contributed by atoms with Crippen molar-refractivity contribution >= 4 is 5.82 Å². The second-order valence-corrected chi connectivity index (χ2v) is 3.08. The van der Waals surface area contributed by atoms with Crippen molar-refractivity contribution in [1.82, 2.24) is 4.98 Å². The Balaban J connectivity index is 2.81. The Morgan fingerprint density at radius 2 is 2.18 bits per heavy atom. The number of aliphatic hydroxyl groups is 1. The number of pyridine rings is 1. The van der Waals surface area contributed by atoms with E-state index in [1.165, 1.54) is 6.07 Å². The molecule has 0 aliphatic carbocycles. The summed E-state index contributed by atoms with van der Waals surface area (Å²) in [5.41, 5.74) is -1.21. The van der Waals surface area contributed by atoms with Crippen molar-refractivity contribution in [3.8, 4) is 6.07 Å². The van der Waals surface area contributed by atoms with Crippen molar-refractivity contribution in [2.75, 3.05) is 11.9 Å². The molecule has 1 aromatic rings. The molecule has 92 valence electrons. The number of rotatable bonds is 3. The number of hydrogen-bond acceptors (Lipinski definition) is 4. The van der Waals surface area contributed by atoms with E-state index in [1.54, 1.807) is 0 Å². The lowest BCUT2D eigenvalue weighted by molar-refractivity contribution is -0.138. The predicted octanol–water partition coefficient (Wildman–Crippen LogP) is 1.54. The fraction of sp³-hybridized carbons (Fsp3) is 0.333. The van der Waals surface area contributed by atoms with Crippen LogP contribution < -0.4 is 5.32 Å². The summed E-state index contributed by atoms with van der Waals surface area (Å²) in [5, 5.41) is 19.3.